The molecule has 0 atom stereocenters. The number of aromatic nitrogens is 1. The van der Waals surface area contributed by atoms with Crippen LogP contribution in [0.3, 0.4) is 0 Å². The third kappa shape index (κ3) is 4.10. The summed E-state index contributed by atoms with van der Waals surface area (Å²) in [7, 11) is 2.82. The van der Waals surface area contributed by atoms with Gasteiger partial charge in [0.25, 0.3) is 11.8 Å². The highest BCUT2D eigenvalue weighted by atomic mass is 32.1. The maximum absolute atomic E-state index is 12.3. The lowest BCUT2D eigenvalue weighted by molar-refractivity contribution is -0.120. The second kappa shape index (κ2) is 7.45. The van der Waals surface area contributed by atoms with E-state index in [0.29, 0.717) is 10.7 Å². The number of hydrogen-bond acceptors (Lipinski definition) is 7. The van der Waals surface area contributed by atoms with E-state index in [1.54, 1.807) is 11.6 Å². The Morgan fingerprint density at radius 2 is 1.91 bits per heavy atom. The Balaban J connectivity index is 2.30. The Morgan fingerprint density at radius 3 is 2.39 bits per heavy atom. The average Bonchev–Trinajstić information content (AvgIpc) is 3.04. The summed E-state index contributed by atoms with van der Waals surface area (Å²) in [6.07, 6.45) is 1.59. The van der Waals surface area contributed by atoms with E-state index in [4.69, 9.17) is 19.9 Å². The SMILES string of the molecule is COc1cc(C(=O)Nc2nccs2)cc(OC)c1OCC(N)=O. The first-order chi connectivity index (χ1) is 11.0. The van der Waals surface area contributed by atoms with E-state index < -0.39 is 5.91 Å². The maximum atomic E-state index is 12.3. The summed E-state index contributed by atoms with van der Waals surface area (Å²) < 4.78 is 15.7. The normalized spacial score (nSPS) is 10.0. The quantitative estimate of drug-likeness (QED) is 0.787. The second-order valence-corrected chi connectivity index (χ2v) is 5.15. The zero-order valence-corrected chi connectivity index (χ0v) is 13.3. The largest absolute Gasteiger partial charge is 0.493 e. The highest BCUT2D eigenvalue weighted by Gasteiger charge is 2.18. The number of carbonyl (C=O) groups is 2. The lowest BCUT2D eigenvalue weighted by atomic mass is 10.1. The van der Waals surface area contributed by atoms with Gasteiger partial charge < -0.3 is 19.9 Å². The van der Waals surface area contributed by atoms with Crippen LogP contribution in [0.4, 0.5) is 5.13 Å². The Morgan fingerprint density at radius 1 is 1.26 bits per heavy atom. The molecular formula is C14H15N3O5S. The molecule has 3 N–H and O–H groups in total. The molecule has 2 aromatic rings. The first-order valence-electron chi connectivity index (χ1n) is 6.43. The van der Waals surface area contributed by atoms with E-state index >= 15 is 0 Å². The van der Waals surface area contributed by atoms with Gasteiger partial charge in [-0.3, -0.25) is 14.9 Å². The first kappa shape index (κ1) is 16.6. The van der Waals surface area contributed by atoms with Crippen molar-refractivity contribution in [3.63, 3.8) is 0 Å². The summed E-state index contributed by atoms with van der Waals surface area (Å²) >= 11 is 1.30. The highest BCUT2D eigenvalue weighted by molar-refractivity contribution is 7.13. The van der Waals surface area contributed by atoms with Crippen LogP contribution in [-0.4, -0.2) is 37.6 Å². The van der Waals surface area contributed by atoms with Gasteiger partial charge in [0.05, 0.1) is 14.2 Å². The summed E-state index contributed by atoms with van der Waals surface area (Å²) in [5.74, 6) is -0.331. The molecule has 8 nitrogen and oxygen atoms in total. The van der Waals surface area contributed by atoms with Gasteiger partial charge in [-0.15, -0.1) is 11.3 Å². The van der Waals surface area contributed by atoms with E-state index in [9.17, 15) is 9.59 Å². The van der Waals surface area contributed by atoms with E-state index in [-0.39, 0.29) is 29.8 Å². The van der Waals surface area contributed by atoms with Crippen molar-refractivity contribution in [2.75, 3.05) is 26.1 Å². The molecule has 2 amide bonds. The molecule has 0 saturated carbocycles. The number of nitrogens with one attached hydrogen (secondary N) is 1. The number of anilines is 1. The zero-order chi connectivity index (χ0) is 16.8. The van der Waals surface area contributed by atoms with E-state index in [1.807, 2.05) is 0 Å². The van der Waals surface area contributed by atoms with Crippen LogP contribution in [-0.2, 0) is 4.79 Å². The predicted molar refractivity (Wildman–Crippen MR) is 84.3 cm³/mol. The molecule has 23 heavy (non-hydrogen) atoms. The molecule has 0 aliphatic rings. The summed E-state index contributed by atoms with van der Waals surface area (Å²) in [5, 5.41) is 4.87. The van der Waals surface area contributed by atoms with Crippen LogP contribution in [0.25, 0.3) is 0 Å². The van der Waals surface area contributed by atoms with Crippen molar-refractivity contribution in [1.29, 1.82) is 0 Å². The molecule has 9 heteroatoms. The van der Waals surface area contributed by atoms with Crippen LogP contribution in [0.15, 0.2) is 23.7 Å². The van der Waals surface area contributed by atoms with E-state index in [2.05, 4.69) is 10.3 Å². The van der Waals surface area contributed by atoms with Gasteiger partial charge in [0.2, 0.25) is 5.75 Å². The number of ether oxygens (including phenoxy) is 3. The molecule has 0 aliphatic heterocycles. The van der Waals surface area contributed by atoms with Gasteiger partial charge >= 0.3 is 0 Å². The minimum atomic E-state index is -0.639. The van der Waals surface area contributed by atoms with E-state index in [0.717, 1.165) is 0 Å². The van der Waals surface area contributed by atoms with Crippen molar-refractivity contribution in [2.45, 2.75) is 0 Å². The molecule has 0 unspecified atom stereocenters. The Hall–Kier alpha value is -2.81. The molecule has 1 heterocycles. The Bertz CT molecular complexity index is 677. The number of methoxy groups -OCH3 is 2. The fourth-order valence-electron chi connectivity index (χ4n) is 1.75. The molecule has 0 saturated heterocycles. The third-order valence-electron chi connectivity index (χ3n) is 2.73. The van der Waals surface area contributed by atoms with Crippen LogP contribution in [0.1, 0.15) is 10.4 Å². The van der Waals surface area contributed by atoms with Crippen LogP contribution in [0.2, 0.25) is 0 Å². The minimum absolute atomic E-state index is 0.194. The van der Waals surface area contributed by atoms with Crippen molar-refractivity contribution >= 4 is 28.3 Å². The zero-order valence-electron chi connectivity index (χ0n) is 12.5. The molecule has 0 bridgehead atoms. The number of thiazole rings is 1. The fourth-order valence-corrected chi connectivity index (χ4v) is 2.27. The number of carbonyl (C=O) groups excluding carboxylic acids is 2. The Kier molecular flexibility index (Phi) is 5.36. The lowest BCUT2D eigenvalue weighted by Gasteiger charge is -2.15. The van der Waals surface area contributed by atoms with Gasteiger partial charge in [0.1, 0.15) is 0 Å². The average molecular weight is 337 g/mol. The van der Waals surface area contributed by atoms with Crippen molar-refractivity contribution in [3.05, 3.63) is 29.3 Å². The number of nitrogens with zero attached hydrogens (tertiary/aromatic N) is 1. The van der Waals surface area contributed by atoms with Crippen LogP contribution < -0.4 is 25.3 Å². The monoisotopic (exact) mass is 337 g/mol. The van der Waals surface area contributed by atoms with Gasteiger partial charge in [-0.05, 0) is 12.1 Å². The number of rotatable bonds is 7. The van der Waals surface area contributed by atoms with Gasteiger partial charge in [0, 0.05) is 17.1 Å². The number of benzene rings is 1. The summed E-state index contributed by atoms with van der Waals surface area (Å²) in [6.45, 7) is -0.336. The van der Waals surface area contributed by atoms with Crippen molar-refractivity contribution in [1.82, 2.24) is 4.98 Å². The topological polar surface area (TPSA) is 113 Å². The van der Waals surface area contributed by atoms with Crippen molar-refractivity contribution < 1.29 is 23.8 Å². The van der Waals surface area contributed by atoms with Gasteiger partial charge in [-0.2, -0.15) is 0 Å². The fraction of sp³-hybridized carbons (Fsp3) is 0.214. The highest BCUT2D eigenvalue weighted by Crippen LogP contribution is 2.38. The predicted octanol–water partition coefficient (Wildman–Crippen LogP) is 1.28. The van der Waals surface area contributed by atoms with Crippen LogP contribution in [0.5, 0.6) is 17.2 Å². The van der Waals surface area contributed by atoms with Crippen molar-refractivity contribution in [2.24, 2.45) is 5.73 Å². The Labute approximate surface area is 136 Å². The minimum Gasteiger partial charge on any atom is -0.493 e. The molecule has 0 spiro atoms. The van der Waals surface area contributed by atoms with Crippen LogP contribution in [0, 0.1) is 0 Å². The van der Waals surface area contributed by atoms with E-state index in [1.165, 1.54) is 37.7 Å². The number of hydrogen-bond donors (Lipinski definition) is 2. The van der Waals surface area contributed by atoms with Gasteiger partial charge in [0.15, 0.2) is 23.2 Å². The molecule has 0 radical (unpaired) electrons. The molecule has 1 aromatic heterocycles. The summed E-state index contributed by atoms with van der Waals surface area (Å²) in [6, 6.07) is 2.95. The van der Waals surface area contributed by atoms with Crippen LogP contribution >= 0.6 is 11.3 Å². The third-order valence-corrected chi connectivity index (χ3v) is 3.42. The number of nitrogens with two attached hydrogens (primary N) is 1. The first-order valence-corrected chi connectivity index (χ1v) is 7.31. The molecule has 2 rings (SSSR count). The molecule has 0 fully saturated rings. The van der Waals surface area contributed by atoms with Crippen molar-refractivity contribution in [3.8, 4) is 17.2 Å². The maximum Gasteiger partial charge on any atom is 0.257 e. The van der Waals surface area contributed by atoms with Gasteiger partial charge in [-0.25, -0.2) is 4.98 Å². The molecule has 122 valence electrons. The smallest absolute Gasteiger partial charge is 0.257 e. The number of primary amides is 1. The molecule has 1 aromatic carbocycles. The molecule has 0 aliphatic carbocycles. The summed E-state index contributed by atoms with van der Waals surface area (Å²) in [4.78, 5) is 27.1. The lowest BCUT2D eigenvalue weighted by Crippen LogP contribution is -2.20. The standard InChI is InChI=1S/C14H15N3O5S/c1-20-9-5-8(13(19)17-14-16-3-4-23-14)6-10(21-2)12(9)22-7-11(15)18/h3-6H,7H2,1-2H3,(H2,15,18)(H,16,17,19). The number of amides is 2. The summed E-state index contributed by atoms with van der Waals surface area (Å²) in [5.41, 5.74) is 5.35. The molecular weight excluding hydrogens is 322 g/mol. The second-order valence-electron chi connectivity index (χ2n) is 4.26. The van der Waals surface area contributed by atoms with Gasteiger partial charge in [-0.1, -0.05) is 0 Å².